The second-order valence-electron chi connectivity index (χ2n) is 8.42. The number of carboxylic acid groups (broad SMARTS) is 1. The number of carboxylic acids is 1. The van der Waals surface area contributed by atoms with Crippen molar-refractivity contribution in [2.75, 3.05) is 13.2 Å². The molecule has 0 aliphatic rings. The van der Waals surface area contributed by atoms with E-state index in [9.17, 15) is 24.0 Å². The summed E-state index contributed by atoms with van der Waals surface area (Å²) in [5.74, 6) is -3.27. The van der Waals surface area contributed by atoms with E-state index in [0.29, 0.717) is 12.8 Å². The number of hydrogen-bond donors (Lipinski definition) is 2. The molecule has 0 spiro atoms. The monoisotopic (exact) mass is 519 g/mol. The average molecular weight is 520 g/mol. The lowest BCUT2D eigenvalue weighted by Gasteiger charge is -2.33. The van der Waals surface area contributed by atoms with Crippen LogP contribution >= 0.6 is 0 Å². The molecular weight excluding hydrogens is 478 g/mol. The molecule has 0 aromatic carbocycles. The fourth-order valence-electron chi connectivity index (χ4n) is 3.19. The van der Waals surface area contributed by atoms with Crippen LogP contribution in [0.2, 0.25) is 0 Å². The summed E-state index contributed by atoms with van der Waals surface area (Å²) >= 11 is 0. The molecule has 0 saturated carbocycles. The molecule has 0 bridgehead atoms. The number of esters is 3. The van der Waals surface area contributed by atoms with Crippen molar-refractivity contribution in [3.63, 3.8) is 0 Å². The van der Waals surface area contributed by atoms with Crippen molar-refractivity contribution in [3.8, 4) is 0 Å². The first-order valence-corrected chi connectivity index (χ1v) is 12.2. The predicted molar refractivity (Wildman–Crippen MR) is 126 cm³/mol. The Bertz CT molecular complexity index is 682. The van der Waals surface area contributed by atoms with Crippen LogP contribution in [0.15, 0.2) is 0 Å². The van der Waals surface area contributed by atoms with Crippen molar-refractivity contribution in [2.45, 2.75) is 111 Å². The topological polar surface area (TPSA) is 164 Å². The van der Waals surface area contributed by atoms with Crippen molar-refractivity contribution < 1.29 is 52.8 Å². The Morgan fingerprint density at radius 2 is 1.28 bits per heavy atom. The Morgan fingerprint density at radius 1 is 0.750 bits per heavy atom. The van der Waals surface area contributed by atoms with Gasteiger partial charge in [0, 0.05) is 40.7 Å². The zero-order valence-electron chi connectivity index (χ0n) is 21.9. The summed E-state index contributed by atoms with van der Waals surface area (Å²) in [6.45, 7) is 6.52. The second-order valence-corrected chi connectivity index (χ2v) is 8.42. The van der Waals surface area contributed by atoms with Gasteiger partial charge in [-0.2, -0.15) is 0 Å². The van der Waals surface area contributed by atoms with E-state index in [-0.39, 0.29) is 19.6 Å². The summed E-state index contributed by atoms with van der Waals surface area (Å²) in [4.78, 5) is 56.8. The lowest BCUT2D eigenvalue weighted by atomic mass is 10.1. The molecule has 0 fully saturated rings. The molecule has 2 N–H and O–H groups in total. The average Bonchev–Trinajstić information content (AvgIpc) is 2.75. The second kappa shape index (κ2) is 19.5. The van der Waals surface area contributed by atoms with E-state index in [1.54, 1.807) is 6.92 Å². The highest BCUT2D eigenvalue weighted by Gasteiger charge is 2.37. The maximum absolute atomic E-state index is 11.9. The Kier molecular flexibility index (Phi) is 18.0. The molecule has 0 heterocycles. The largest absolute Gasteiger partial charge is 0.481 e. The van der Waals surface area contributed by atoms with Crippen LogP contribution in [-0.2, 0) is 47.7 Å². The SMILES string of the molecule is CC(=O)NC(C(OC(C)=O)OC(C)=O)C(OCCCCCCCCCC(=O)O)OC(C)COC(C)=O. The molecule has 0 aliphatic heterocycles. The summed E-state index contributed by atoms with van der Waals surface area (Å²) in [6.07, 6.45) is 2.70. The lowest BCUT2D eigenvalue weighted by Crippen LogP contribution is -2.55. The van der Waals surface area contributed by atoms with Crippen LogP contribution in [0.1, 0.15) is 86.0 Å². The molecule has 12 heteroatoms. The number of hydrogen-bond acceptors (Lipinski definition) is 10. The van der Waals surface area contributed by atoms with Crippen molar-refractivity contribution in [2.24, 2.45) is 0 Å². The first kappa shape index (κ1) is 33.3. The van der Waals surface area contributed by atoms with Gasteiger partial charge in [0.15, 0.2) is 12.3 Å². The Labute approximate surface area is 212 Å². The maximum Gasteiger partial charge on any atom is 0.305 e. The molecule has 0 aliphatic carbocycles. The van der Waals surface area contributed by atoms with Gasteiger partial charge in [0.05, 0.1) is 6.10 Å². The van der Waals surface area contributed by atoms with Gasteiger partial charge in [-0.05, 0) is 19.8 Å². The number of ether oxygens (including phenoxy) is 5. The van der Waals surface area contributed by atoms with Gasteiger partial charge < -0.3 is 34.1 Å². The minimum atomic E-state index is -1.51. The molecule has 3 atom stereocenters. The Morgan fingerprint density at radius 3 is 1.75 bits per heavy atom. The zero-order valence-corrected chi connectivity index (χ0v) is 21.9. The van der Waals surface area contributed by atoms with Crippen LogP contribution in [0.4, 0.5) is 0 Å². The summed E-state index contributed by atoms with van der Waals surface area (Å²) in [5, 5.41) is 11.2. The third-order valence-corrected chi connectivity index (χ3v) is 4.73. The van der Waals surface area contributed by atoms with Crippen molar-refractivity contribution in [1.82, 2.24) is 5.32 Å². The fraction of sp³-hybridized carbons (Fsp3) is 0.792. The standard InChI is InChI=1S/C24H41NO11/c1-16(15-33-18(3)27)34-23(32-14-12-10-8-6-7-9-11-13-21(30)31)22(25-17(2)26)24(35-19(4)28)36-20(5)29/h16,22-24H,6-15H2,1-5H3,(H,25,26)(H,30,31). The number of carbonyl (C=O) groups is 5. The van der Waals surface area contributed by atoms with Gasteiger partial charge in [-0.15, -0.1) is 0 Å². The van der Waals surface area contributed by atoms with Gasteiger partial charge in [-0.1, -0.05) is 32.1 Å². The first-order valence-electron chi connectivity index (χ1n) is 12.2. The highest BCUT2D eigenvalue weighted by atomic mass is 16.7. The summed E-state index contributed by atoms with van der Waals surface area (Å²) in [5.41, 5.74) is 0. The van der Waals surface area contributed by atoms with Crippen LogP contribution in [0.3, 0.4) is 0 Å². The smallest absolute Gasteiger partial charge is 0.305 e. The Hall–Kier alpha value is -2.73. The third-order valence-electron chi connectivity index (χ3n) is 4.73. The molecule has 0 rings (SSSR count). The fourth-order valence-corrected chi connectivity index (χ4v) is 3.19. The molecule has 0 saturated heterocycles. The van der Waals surface area contributed by atoms with E-state index in [1.165, 1.54) is 13.8 Å². The summed E-state index contributed by atoms with van der Waals surface area (Å²) in [6, 6.07) is -1.19. The maximum atomic E-state index is 11.9. The van der Waals surface area contributed by atoms with Crippen molar-refractivity contribution in [3.05, 3.63) is 0 Å². The van der Waals surface area contributed by atoms with Crippen LogP contribution in [0.5, 0.6) is 0 Å². The predicted octanol–water partition coefficient (Wildman–Crippen LogP) is 2.46. The van der Waals surface area contributed by atoms with E-state index < -0.39 is 54.5 Å². The molecule has 208 valence electrons. The normalized spacial score (nSPS) is 13.4. The number of rotatable bonds is 20. The summed E-state index contributed by atoms with van der Waals surface area (Å²) < 4.78 is 26.9. The van der Waals surface area contributed by atoms with Gasteiger partial charge in [-0.25, -0.2) is 0 Å². The molecule has 0 aromatic rings. The van der Waals surface area contributed by atoms with Crippen LogP contribution in [0, 0.1) is 0 Å². The third kappa shape index (κ3) is 18.6. The molecule has 0 radical (unpaired) electrons. The first-order chi connectivity index (χ1) is 16.9. The number of unbranched alkanes of at least 4 members (excludes halogenated alkanes) is 6. The quantitative estimate of drug-likeness (QED) is 0.138. The van der Waals surface area contributed by atoms with Gasteiger partial charge in [-0.3, -0.25) is 24.0 Å². The zero-order chi connectivity index (χ0) is 27.5. The Balaban J connectivity index is 5.14. The highest BCUT2D eigenvalue weighted by molar-refractivity contribution is 5.73. The molecule has 3 unspecified atom stereocenters. The van der Waals surface area contributed by atoms with E-state index in [0.717, 1.165) is 46.0 Å². The highest BCUT2D eigenvalue weighted by Crippen LogP contribution is 2.16. The van der Waals surface area contributed by atoms with E-state index in [2.05, 4.69) is 5.32 Å². The molecule has 12 nitrogen and oxygen atoms in total. The van der Waals surface area contributed by atoms with Gasteiger partial charge in [0.2, 0.25) is 5.91 Å². The lowest BCUT2D eigenvalue weighted by molar-refractivity contribution is -0.239. The van der Waals surface area contributed by atoms with Crippen molar-refractivity contribution >= 4 is 29.8 Å². The minimum absolute atomic E-state index is 0.0876. The van der Waals surface area contributed by atoms with Gasteiger partial charge in [0.25, 0.3) is 6.29 Å². The van der Waals surface area contributed by atoms with E-state index in [4.69, 9.17) is 28.8 Å². The van der Waals surface area contributed by atoms with E-state index >= 15 is 0 Å². The van der Waals surface area contributed by atoms with Crippen LogP contribution in [0.25, 0.3) is 0 Å². The summed E-state index contributed by atoms with van der Waals surface area (Å²) in [7, 11) is 0. The molecular formula is C24H41NO11. The number of amides is 1. The number of nitrogens with one attached hydrogen (secondary N) is 1. The minimum Gasteiger partial charge on any atom is -0.481 e. The van der Waals surface area contributed by atoms with Crippen molar-refractivity contribution in [1.29, 1.82) is 0 Å². The number of carbonyl (C=O) groups excluding carboxylic acids is 4. The molecule has 36 heavy (non-hydrogen) atoms. The van der Waals surface area contributed by atoms with Gasteiger partial charge >= 0.3 is 23.9 Å². The number of aliphatic carboxylic acids is 1. The van der Waals surface area contributed by atoms with Crippen LogP contribution in [-0.4, -0.2) is 72.8 Å². The molecule has 0 aromatic heterocycles. The van der Waals surface area contributed by atoms with Gasteiger partial charge in [0.1, 0.15) is 6.61 Å². The van der Waals surface area contributed by atoms with E-state index in [1.807, 2.05) is 0 Å². The molecule has 1 amide bonds. The van der Waals surface area contributed by atoms with Crippen LogP contribution < -0.4 is 5.32 Å².